The maximum atomic E-state index is 11.9. The lowest BCUT2D eigenvalue weighted by atomic mass is 10.0. The first-order valence-corrected chi connectivity index (χ1v) is 7.44. The molecule has 0 saturated heterocycles. The Labute approximate surface area is 131 Å². The summed E-state index contributed by atoms with van der Waals surface area (Å²) in [6.07, 6.45) is 6.05. The summed E-state index contributed by atoms with van der Waals surface area (Å²) in [6, 6.07) is 7.55. The molecule has 114 valence electrons. The Kier molecular flexibility index (Phi) is 3.15. The maximum absolute atomic E-state index is 11.9. The molecule has 3 aromatic rings. The summed E-state index contributed by atoms with van der Waals surface area (Å²) < 4.78 is 0. The van der Waals surface area contributed by atoms with E-state index in [1.54, 1.807) is 12.4 Å². The van der Waals surface area contributed by atoms with E-state index in [9.17, 15) is 9.59 Å². The van der Waals surface area contributed by atoms with E-state index in [-0.39, 0.29) is 11.8 Å². The number of H-pyrrole nitrogens is 1. The molecule has 1 fully saturated rings. The van der Waals surface area contributed by atoms with Crippen LogP contribution in [0.15, 0.2) is 36.7 Å². The van der Waals surface area contributed by atoms with Crippen molar-refractivity contribution in [3.63, 3.8) is 0 Å². The minimum Gasteiger partial charge on any atom is -0.324 e. The summed E-state index contributed by atoms with van der Waals surface area (Å²) >= 11 is 0. The van der Waals surface area contributed by atoms with Gasteiger partial charge < -0.3 is 5.32 Å². The number of pyridine rings is 1. The molecule has 1 amide bonds. The van der Waals surface area contributed by atoms with Crippen molar-refractivity contribution in [1.29, 1.82) is 0 Å². The topological polar surface area (TPSA) is 87.7 Å². The van der Waals surface area contributed by atoms with Crippen LogP contribution in [0.1, 0.15) is 23.3 Å². The number of hydrogen-bond acceptors (Lipinski definition) is 4. The first-order chi connectivity index (χ1) is 11.2. The minimum atomic E-state index is 0.0532. The number of carbonyl (C=O) groups excluding carboxylic acids is 2. The molecule has 0 bridgehead atoms. The largest absolute Gasteiger partial charge is 0.324 e. The Morgan fingerprint density at radius 2 is 2.09 bits per heavy atom. The molecule has 4 rings (SSSR count). The highest BCUT2D eigenvalue weighted by Crippen LogP contribution is 2.31. The standard InChI is InChI=1S/C17H14N4O2/c22-9-16-14-6-11(3-4-15(14)20-21-16)12-5-13(8-18-7-12)19-17(23)10-1-2-10/h3-10H,1-2H2,(H,19,23)(H,20,21). The van der Waals surface area contributed by atoms with Crippen LogP contribution >= 0.6 is 0 Å². The number of benzene rings is 1. The third-order valence-corrected chi connectivity index (χ3v) is 3.99. The first-order valence-electron chi connectivity index (χ1n) is 7.44. The number of hydrogen-bond donors (Lipinski definition) is 2. The van der Waals surface area contributed by atoms with Crippen LogP contribution in [-0.4, -0.2) is 27.4 Å². The van der Waals surface area contributed by atoms with Crippen LogP contribution in [0.2, 0.25) is 0 Å². The number of rotatable bonds is 4. The van der Waals surface area contributed by atoms with Crippen LogP contribution in [0.5, 0.6) is 0 Å². The Morgan fingerprint density at radius 3 is 2.87 bits per heavy atom. The molecule has 1 aliphatic rings. The van der Waals surface area contributed by atoms with Gasteiger partial charge in [-0.05, 0) is 36.6 Å². The molecule has 6 heteroatoms. The fraction of sp³-hybridized carbons (Fsp3) is 0.176. The quantitative estimate of drug-likeness (QED) is 0.725. The zero-order chi connectivity index (χ0) is 15.8. The average Bonchev–Trinajstić information content (AvgIpc) is 3.35. The predicted molar refractivity (Wildman–Crippen MR) is 86.1 cm³/mol. The molecule has 2 N–H and O–H groups in total. The van der Waals surface area contributed by atoms with Gasteiger partial charge in [0.2, 0.25) is 5.91 Å². The highest BCUT2D eigenvalue weighted by atomic mass is 16.2. The summed E-state index contributed by atoms with van der Waals surface area (Å²) in [6.45, 7) is 0. The first kappa shape index (κ1) is 13.6. The van der Waals surface area contributed by atoms with Gasteiger partial charge in [0.05, 0.1) is 17.4 Å². The van der Waals surface area contributed by atoms with Crippen molar-refractivity contribution in [3.05, 3.63) is 42.4 Å². The molecule has 1 aromatic carbocycles. The van der Waals surface area contributed by atoms with Crippen molar-refractivity contribution in [1.82, 2.24) is 15.2 Å². The molecular formula is C17H14N4O2. The van der Waals surface area contributed by atoms with E-state index < -0.39 is 0 Å². The normalized spacial score (nSPS) is 13.9. The lowest BCUT2D eigenvalue weighted by molar-refractivity contribution is -0.117. The fourth-order valence-electron chi connectivity index (χ4n) is 2.56. The number of amides is 1. The molecule has 2 aromatic heterocycles. The maximum Gasteiger partial charge on any atom is 0.227 e. The van der Waals surface area contributed by atoms with E-state index in [0.29, 0.717) is 11.4 Å². The zero-order valence-electron chi connectivity index (χ0n) is 12.2. The average molecular weight is 306 g/mol. The van der Waals surface area contributed by atoms with Crippen LogP contribution < -0.4 is 5.32 Å². The molecule has 0 spiro atoms. The minimum absolute atomic E-state index is 0.0532. The zero-order valence-corrected chi connectivity index (χ0v) is 12.2. The van der Waals surface area contributed by atoms with Crippen molar-refractivity contribution in [2.24, 2.45) is 5.92 Å². The van der Waals surface area contributed by atoms with Gasteiger partial charge in [0.25, 0.3) is 0 Å². The van der Waals surface area contributed by atoms with Gasteiger partial charge in [0, 0.05) is 23.1 Å². The summed E-state index contributed by atoms with van der Waals surface area (Å²) in [4.78, 5) is 27.1. The lowest BCUT2D eigenvalue weighted by Gasteiger charge is -2.07. The molecule has 0 unspecified atom stereocenters. The lowest BCUT2D eigenvalue weighted by Crippen LogP contribution is -2.13. The van der Waals surface area contributed by atoms with Crippen molar-refractivity contribution >= 4 is 28.8 Å². The number of fused-ring (bicyclic) bond motifs is 1. The van der Waals surface area contributed by atoms with Gasteiger partial charge in [0.1, 0.15) is 5.69 Å². The van der Waals surface area contributed by atoms with Crippen LogP contribution in [-0.2, 0) is 4.79 Å². The van der Waals surface area contributed by atoms with Gasteiger partial charge in [0.15, 0.2) is 6.29 Å². The van der Waals surface area contributed by atoms with Crippen molar-refractivity contribution in [3.8, 4) is 11.1 Å². The van der Waals surface area contributed by atoms with Gasteiger partial charge in [-0.1, -0.05) is 6.07 Å². The number of carbonyl (C=O) groups is 2. The smallest absolute Gasteiger partial charge is 0.227 e. The molecule has 0 atom stereocenters. The highest BCUT2D eigenvalue weighted by Gasteiger charge is 2.29. The number of nitrogens with zero attached hydrogens (tertiary/aromatic N) is 2. The summed E-state index contributed by atoms with van der Waals surface area (Å²) in [5.74, 6) is 0.202. The van der Waals surface area contributed by atoms with E-state index in [2.05, 4.69) is 20.5 Å². The van der Waals surface area contributed by atoms with Crippen LogP contribution in [0.4, 0.5) is 5.69 Å². The molecule has 0 radical (unpaired) electrons. The van der Waals surface area contributed by atoms with Crippen LogP contribution in [0.3, 0.4) is 0 Å². The number of aldehydes is 1. The Morgan fingerprint density at radius 1 is 1.22 bits per heavy atom. The van der Waals surface area contributed by atoms with Gasteiger partial charge in [-0.15, -0.1) is 0 Å². The van der Waals surface area contributed by atoms with E-state index in [0.717, 1.165) is 41.2 Å². The second-order valence-corrected chi connectivity index (χ2v) is 5.71. The van der Waals surface area contributed by atoms with Gasteiger partial charge in [-0.2, -0.15) is 5.10 Å². The molecular weight excluding hydrogens is 292 g/mol. The van der Waals surface area contributed by atoms with E-state index in [1.165, 1.54) is 0 Å². The number of aromatic nitrogens is 3. The summed E-state index contributed by atoms with van der Waals surface area (Å²) in [5, 5.41) is 10.4. The number of nitrogens with one attached hydrogen (secondary N) is 2. The van der Waals surface area contributed by atoms with Crippen LogP contribution in [0.25, 0.3) is 22.0 Å². The second kappa shape index (κ2) is 5.31. The Hall–Kier alpha value is -3.02. The fourth-order valence-corrected chi connectivity index (χ4v) is 2.56. The van der Waals surface area contributed by atoms with Crippen molar-refractivity contribution in [2.45, 2.75) is 12.8 Å². The summed E-state index contributed by atoms with van der Waals surface area (Å²) in [5.41, 5.74) is 3.66. The number of aromatic amines is 1. The van der Waals surface area contributed by atoms with Gasteiger partial charge >= 0.3 is 0 Å². The van der Waals surface area contributed by atoms with Crippen LogP contribution in [0, 0.1) is 5.92 Å². The predicted octanol–water partition coefficient (Wildman–Crippen LogP) is 2.79. The molecule has 0 aliphatic heterocycles. The summed E-state index contributed by atoms with van der Waals surface area (Å²) in [7, 11) is 0. The van der Waals surface area contributed by atoms with Crippen molar-refractivity contribution in [2.75, 3.05) is 5.32 Å². The molecule has 1 saturated carbocycles. The van der Waals surface area contributed by atoms with E-state index >= 15 is 0 Å². The van der Waals surface area contributed by atoms with Crippen molar-refractivity contribution < 1.29 is 9.59 Å². The molecule has 6 nitrogen and oxygen atoms in total. The van der Waals surface area contributed by atoms with Gasteiger partial charge in [-0.3, -0.25) is 19.7 Å². The Bertz CT molecular complexity index is 912. The molecule has 2 heterocycles. The highest BCUT2D eigenvalue weighted by molar-refractivity contribution is 5.97. The van der Waals surface area contributed by atoms with Gasteiger partial charge in [-0.25, -0.2) is 0 Å². The number of anilines is 1. The third-order valence-electron chi connectivity index (χ3n) is 3.99. The van der Waals surface area contributed by atoms with E-state index in [4.69, 9.17) is 0 Å². The monoisotopic (exact) mass is 306 g/mol. The molecule has 23 heavy (non-hydrogen) atoms. The SMILES string of the molecule is O=Cc1[nH]nc2ccc(-c3cncc(NC(=O)C4CC4)c3)cc12. The van der Waals surface area contributed by atoms with E-state index in [1.807, 2.05) is 24.3 Å². The second-order valence-electron chi connectivity index (χ2n) is 5.71. The molecule has 1 aliphatic carbocycles. The Balaban J connectivity index is 1.69. The third kappa shape index (κ3) is 2.59.